The number of nitrogens with zero attached hydrogens (tertiary/aromatic N) is 1. The molecule has 2 aromatic rings. The lowest BCUT2D eigenvalue weighted by Crippen LogP contribution is -2.31. The van der Waals surface area contributed by atoms with Gasteiger partial charge in [-0.3, -0.25) is 9.59 Å². The Kier molecular flexibility index (Phi) is 6.48. The van der Waals surface area contributed by atoms with E-state index in [1.807, 2.05) is 52.0 Å². The summed E-state index contributed by atoms with van der Waals surface area (Å²) >= 11 is 1.28. The van der Waals surface area contributed by atoms with Gasteiger partial charge >= 0.3 is 0 Å². The number of rotatable bonds is 5. The van der Waals surface area contributed by atoms with Gasteiger partial charge in [0.15, 0.2) is 5.78 Å². The maximum Gasteiger partial charge on any atom is 0.234 e. The first-order valence-corrected chi connectivity index (χ1v) is 12.0. The van der Waals surface area contributed by atoms with E-state index >= 15 is 0 Å². The molecular formula is C26H27N3O3S. The number of anilines is 1. The monoisotopic (exact) mass is 461 g/mol. The number of benzene rings is 1. The number of dihydropyridines is 1. The molecule has 0 fully saturated rings. The van der Waals surface area contributed by atoms with Crippen molar-refractivity contribution in [3.63, 3.8) is 0 Å². The minimum absolute atomic E-state index is 0.0441. The van der Waals surface area contributed by atoms with Crippen LogP contribution in [0, 0.1) is 39.0 Å². The molecule has 1 aromatic carbocycles. The van der Waals surface area contributed by atoms with Gasteiger partial charge in [0.05, 0.1) is 28.3 Å². The van der Waals surface area contributed by atoms with Crippen LogP contribution in [0.1, 0.15) is 53.4 Å². The third-order valence-corrected chi connectivity index (χ3v) is 7.01. The van der Waals surface area contributed by atoms with E-state index in [1.165, 1.54) is 11.8 Å². The summed E-state index contributed by atoms with van der Waals surface area (Å²) in [7, 11) is 0. The lowest BCUT2D eigenvalue weighted by atomic mass is 9.79. The Morgan fingerprint density at radius 2 is 1.94 bits per heavy atom. The largest absolute Gasteiger partial charge is 0.465 e. The van der Waals surface area contributed by atoms with Gasteiger partial charge in [-0.25, -0.2) is 0 Å². The van der Waals surface area contributed by atoms with Crippen molar-refractivity contribution >= 4 is 29.1 Å². The van der Waals surface area contributed by atoms with E-state index in [0.29, 0.717) is 28.4 Å². The van der Waals surface area contributed by atoms with E-state index in [-0.39, 0.29) is 17.4 Å². The number of carbonyl (C=O) groups is 2. The maximum atomic E-state index is 12.8. The SMILES string of the molecule is Cc1cc(C)c(NC(=O)CSC2=C(C#N)[C@@H](c3ccc(C)o3)C3=C(CCCC3=O)N2)c(C)c1. The fourth-order valence-electron chi connectivity index (χ4n) is 4.62. The van der Waals surface area contributed by atoms with Crippen LogP contribution in [0.25, 0.3) is 0 Å². The number of nitriles is 1. The summed E-state index contributed by atoms with van der Waals surface area (Å²) in [4.78, 5) is 25.6. The molecule has 0 unspecified atom stereocenters. The molecule has 1 atom stereocenters. The second-order valence-electron chi connectivity index (χ2n) is 8.64. The third-order valence-electron chi connectivity index (χ3n) is 6.00. The Morgan fingerprint density at radius 3 is 2.58 bits per heavy atom. The van der Waals surface area contributed by atoms with Gasteiger partial charge in [0.1, 0.15) is 11.5 Å². The van der Waals surface area contributed by atoms with E-state index in [1.54, 1.807) is 0 Å². The van der Waals surface area contributed by atoms with E-state index in [4.69, 9.17) is 4.42 Å². The standard InChI is InChI=1S/C26H27N3O3S/c1-14-10-15(2)25(16(3)11-14)29-22(31)13-33-26-18(12-27)23(21-9-8-17(4)32-21)24-19(28-26)6-5-7-20(24)30/h8-11,23,28H,5-7,13H2,1-4H3,(H,29,31)/t23-/m0/s1. The molecule has 0 radical (unpaired) electrons. The zero-order valence-corrected chi connectivity index (χ0v) is 20.1. The van der Waals surface area contributed by atoms with Gasteiger partial charge in [-0.1, -0.05) is 29.5 Å². The summed E-state index contributed by atoms with van der Waals surface area (Å²) in [5, 5.41) is 17.0. The lowest BCUT2D eigenvalue weighted by molar-refractivity contribution is -0.116. The van der Waals surface area contributed by atoms with E-state index < -0.39 is 5.92 Å². The van der Waals surface area contributed by atoms with Crippen molar-refractivity contribution in [1.29, 1.82) is 5.26 Å². The van der Waals surface area contributed by atoms with Crippen molar-refractivity contribution in [3.8, 4) is 6.07 Å². The second kappa shape index (κ2) is 9.32. The Morgan fingerprint density at radius 1 is 1.21 bits per heavy atom. The van der Waals surface area contributed by atoms with Gasteiger partial charge in [0.25, 0.3) is 0 Å². The van der Waals surface area contributed by atoms with Gasteiger partial charge in [0, 0.05) is 23.4 Å². The molecule has 1 aromatic heterocycles. The van der Waals surface area contributed by atoms with Crippen LogP contribution in [0.5, 0.6) is 0 Å². The smallest absolute Gasteiger partial charge is 0.234 e. The Bertz CT molecular complexity index is 1220. The van der Waals surface area contributed by atoms with Gasteiger partial charge in [-0.15, -0.1) is 0 Å². The van der Waals surface area contributed by atoms with E-state index in [0.717, 1.165) is 46.7 Å². The summed E-state index contributed by atoms with van der Waals surface area (Å²) in [6.07, 6.45) is 1.96. The summed E-state index contributed by atoms with van der Waals surface area (Å²) in [5.74, 6) is 0.806. The molecular weight excluding hydrogens is 434 g/mol. The summed E-state index contributed by atoms with van der Waals surface area (Å²) in [6.45, 7) is 7.83. The van der Waals surface area contributed by atoms with Crippen LogP contribution in [0.2, 0.25) is 0 Å². The molecule has 2 N–H and O–H groups in total. The van der Waals surface area contributed by atoms with Gasteiger partial charge in [0.2, 0.25) is 5.91 Å². The molecule has 0 spiro atoms. The van der Waals surface area contributed by atoms with E-state index in [2.05, 4.69) is 16.7 Å². The minimum Gasteiger partial charge on any atom is -0.465 e. The van der Waals surface area contributed by atoms with Crippen molar-refractivity contribution in [2.75, 3.05) is 11.1 Å². The van der Waals surface area contributed by atoms with Gasteiger partial charge < -0.3 is 15.1 Å². The number of carbonyl (C=O) groups excluding carboxylic acids is 2. The molecule has 1 amide bonds. The Balaban J connectivity index is 1.60. The van der Waals surface area contributed by atoms with Crippen molar-refractivity contribution in [3.05, 3.63) is 74.3 Å². The molecule has 6 nitrogen and oxygen atoms in total. The number of thioether (sulfide) groups is 1. The highest BCUT2D eigenvalue weighted by Gasteiger charge is 2.38. The highest BCUT2D eigenvalue weighted by atomic mass is 32.2. The summed E-state index contributed by atoms with van der Waals surface area (Å²) in [5.41, 5.74) is 5.87. The van der Waals surface area contributed by atoms with Crippen molar-refractivity contribution < 1.29 is 14.0 Å². The fraction of sp³-hybridized carbons (Fsp3) is 0.346. The molecule has 33 heavy (non-hydrogen) atoms. The first-order valence-electron chi connectivity index (χ1n) is 11.0. The van der Waals surface area contributed by atoms with Crippen LogP contribution < -0.4 is 10.6 Å². The highest BCUT2D eigenvalue weighted by molar-refractivity contribution is 8.03. The first-order chi connectivity index (χ1) is 15.8. The topological polar surface area (TPSA) is 95.1 Å². The summed E-state index contributed by atoms with van der Waals surface area (Å²) in [6, 6.07) is 10.0. The molecule has 2 heterocycles. The number of allylic oxidation sites excluding steroid dienone is 3. The predicted molar refractivity (Wildman–Crippen MR) is 130 cm³/mol. The van der Waals surface area contributed by atoms with Crippen molar-refractivity contribution in [2.45, 2.75) is 52.9 Å². The molecule has 7 heteroatoms. The molecule has 0 bridgehead atoms. The average molecular weight is 462 g/mol. The number of aryl methyl sites for hydroxylation is 4. The fourth-order valence-corrected chi connectivity index (χ4v) is 5.48. The zero-order chi connectivity index (χ0) is 23.7. The lowest BCUT2D eigenvalue weighted by Gasteiger charge is -2.32. The van der Waals surface area contributed by atoms with Crippen molar-refractivity contribution in [1.82, 2.24) is 5.32 Å². The normalized spacial score (nSPS) is 18.0. The molecule has 1 aliphatic heterocycles. The van der Waals surface area contributed by atoms with Crippen LogP contribution in [-0.2, 0) is 9.59 Å². The molecule has 1 aliphatic carbocycles. The van der Waals surface area contributed by atoms with E-state index in [9.17, 15) is 14.9 Å². The molecule has 170 valence electrons. The number of ketones is 1. The van der Waals surface area contributed by atoms with Crippen LogP contribution in [0.3, 0.4) is 0 Å². The zero-order valence-electron chi connectivity index (χ0n) is 19.3. The number of furan rings is 1. The molecule has 0 saturated heterocycles. The van der Waals surface area contributed by atoms with Crippen LogP contribution in [0.15, 0.2) is 50.6 Å². The molecule has 4 rings (SSSR count). The molecule has 0 saturated carbocycles. The number of Topliss-reactive ketones (excluding diaryl/α,β-unsaturated/α-hetero) is 1. The number of amides is 1. The number of hydrogen-bond donors (Lipinski definition) is 2. The highest BCUT2D eigenvalue weighted by Crippen LogP contribution is 2.44. The van der Waals surface area contributed by atoms with Crippen molar-refractivity contribution in [2.24, 2.45) is 0 Å². The third kappa shape index (κ3) is 4.62. The second-order valence-corrected chi connectivity index (χ2v) is 9.63. The number of nitrogens with one attached hydrogen (secondary N) is 2. The first kappa shape index (κ1) is 22.9. The Labute approximate surface area is 198 Å². The average Bonchev–Trinajstić information content (AvgIpc) is 3.19. The minimum atomic E-state index is -0.542. The maximum absolute atomic E-state index is 12.8. The number of hydrogen-bond acceptors (Lipinski definition) is 6. The summed E-state index contributed by atoms with van der Waals surface area (Å²) < 4.78 is 5.85. The van der Waals surface area contributed by atoms with Crippen LogP contribution in [-0.4, -0.2) is 17.4 Å². The van der Waals surface area contributed by atoms with Gasteiger partial charge in [-0.05, 0) is 63.8 Å². The quantitative estimate of drug-likeness (QED) is 0.626. The Hall–Kier alpha value is -3.24. The van der Waals surface area contributed by atoms with Crippen LogP contribution in [0.4, 0.5) is 5.69 Å². The predicted octanol–water partition coefficient (Wildman–Crippen LogP) is 5.31. The molecule has 2 aliphatic rings. The van der Waals surface area contributed by atoms with Crippen LogP contribution >= 0.6 is 11.8 Å². The van der Waals surface area contributed by atoms with Gasteiger partial charge in [-0.2, -0.15) is 5.26 Å².